The molecule has 0 spiro atoms. The van der Waals surface area contributed by atoms with E-state index in [1.165, 1.54) is 34.5 Å². The standard InChI is InChI=1S/C18H19ClN2O6/c1-24-13-9-12(17(22)27-4)14(16(26-3)15(13)25-2)21-18(23)20-11-7-5-6-10(19)8-11/h5-9H,1-4H3,(H2,20,21,23). The monoisotopic (exact) mass is 394 g/mol. The predicted molar refractivity (Wildman–Crippen MR) is 102 cm³/mol. The van der Waals surface area contributed by atoms with Gasteiger partial charge in [-0.2, -0.15) is 0 Å². The van der Waals surface area contributed by atoms with E-state index >= 15 is 0 Å². The third kappa shape index (κ3) is 4.53. The first-order valence-corrected chi connectivity index (χ1v) is 8.07. The lowest BCUT2D eigenvalue weighted by molar-refractivity contribution is 0.0601. The van der Waals surface area contributed by atoms with E-state index in [9.17, 15) is 9.59 Å². The van der Waals surface area contributed by atoms with Crippen LogP contribution in [0.1, 0.15) is 10.4 Å². The summed E-state index contributed by atoms with van der Waals surface area (Å²) < 4.78 is 20.6. The molecule has 0 fully saturated rings. The number of carbonyl (C=O) groups excluding carboxylic acids is 2. The molecule has 2 aromatic rings. The summed E-state index contributed by atoms with van der Waals surface area (Å²) in [6.45, 7) is 0. The van der Waals surface area contributed by atoms with Gasteiger partial charge < -0.3 is 29.6 Å². The summed E-state index contributed by atoms with van der Waals surface area (Å²) in [5.41, 5.74) is 0.578. The number of benzene rings is 2. The lowest BCUT2D eigenvalue weighted by Gasteiger charge is -2.19. The molecule has 0 radical (unpaired) electrons. The highest BCUT2D eigenvalue weighted by molar-refractivity contribution is 6.30. The number of ether oxygens (including phenoxy) is 4. The molecule has 0 atom stereocenters. The van der Waals surface area contributed by atoms with Gasteiger partial charge in [-0.1, -0.05) is 17.7 Å². The average molecular weight is 395 g/mol. The Labute approximate surface area is 161 Å². The smallest absolute Gasteiger partial charge is 0.340 e. The van der Waals surface area contributed by atoms with Gasteiger partial charge in [0.1, 0.15) is 5.69 Å². The number of methoxy groups -OCH3 is 4. The zero-order chi connectivity index (χ0) is 20.0. The van der Waals surface area contributed by atoms with Gasteiger partial charge in [0.15, 0.2) is 11.5 Å². The van der Waals surface area contributed by atoms with Gasteiger partial charge in [0, 0.05) is 16.8 Å². The lowest BCUT2D eigenvalue weighted by Crippen LogP contribution is -2.22. The maximum atomic E-state index is 12.4. The predicted octanol–water partition coefficient (Wildman–Crippen LogP) is 3.80. The lowest BCUT2D eigenvalue weighted by atomic mass is 10.1. The number of hydrogen-bond acceptors (Lipinski definition) is 6. The zero-order valence-electron chi connectivity index (χ0n) is 15.2. The third-order valence-electron chi connectivity index (χ3n) is 3.56. The molecule has 2 N–H and O–H groups in total. The highest BCUT2D eigenvalue weighted by atomic mass is 35.5. The first-order valence-electron chi connectivity index (χ1n) is 7.70. The quantitative estimate of drug-likeness (QED) is 0.723. The highest BCUT2D eigenvalue weighted by Crippen LogP contribution is 2.45. The number of carbonyl (C=O) groups is 2. The van der Waals surface area contributed by atoms with E-state index in [4.69, 9.17) is 30.5 Å². The molecule has 0 bridgehead atoms. The van der Waals surface area contributed by atoms with Crippen molar-refractivity contribution in [2.45, 2.75) is 0 Å². The molecule has 9 heteroatoms. The van der Waals surface area contributed by atoms with Gasteiger partial charge in [-0.05, 0) is 18.2 Å². The summed E-state index contributed by atoms with van der Waals surface area (Å²) in [6, 6.07) is 7.38. The van der Waals surface area contributed by atoms with Gasteiger partial charge in [-0.3, -0.25) is 0 Å². The summed E-state index contributed by atoms with van der Waals surface area (Å²) in [6.07, 6.45) is 0. The molecule has 0 aliphatic rings. The van der Waals surface area contributed by atoms with E-state index in [1.54, 1.807) is 24.3 Å². The van der Waals surface area contributed by atoms with Crippen molar-refractivity contribution in [1.29, 1.82) is 0 Å². The Balaban J connectivity index is 2.46. The molecule has 0 unspecified atom stereocenters. The second-order valence-corrected chi connectivity index (χ2v) is 5.59. The Kier molecular flexibility index (Phi) is 6.73. The molecule has 0 aliphatic heterocycles. The SMILES string of the molecule is COC(=O)c1cc(OC)c(OC)c(OC)c1NC(=O)Nc1cccc(Cl)c1. The normalized spacial score (nSPS) is 9.96. The molecule has 144 valence electrons. The van der Waals surface area contributed by atoms with Gasteiger partial charge >= 0.3 is 12.0 Å². The van der Waals surface area contributed by atoms with E-state index in [0.29, 0.717) is 10.7 Å². The van der Waals surface area contributed by atoms with Crippen LogP contribution in [0.2, 0.25) is 5.02 Å². The molecule has 0 saturated heterocycles. The topological polar surface area (TPSA) is 95.1 Å². The number of urea groups is 1. The van der Waals surface area contributed by atoms with Gasteiger partial charge in [-0.15, -0.1) is 0 Å². The number of halogens is 1. The Hall–Kier alpha value is -3.13. The van der Waals surface area contributed by atoms with Crippen molar-refractivity contribution >= 4 is 35.0 Å². The van der Waals surface area contributed by atoms with Gasteiger partial charge in [0.2, 0.25) is 5.75 Å². The van der Waals surface area contributed by atoms with Gasteiger partial charge in [0.05, 0.1) is 34.0 Å². The number of hydrogen-bond donors (Lipinski definition) is 2. The van der Waals surface area contributed by atoms with Crippen molar-refractivity contribution in [2.75, 3.05) is 39.1 Å². The summed E-state index contributed by atoms with van der Waals surface area (Å²) in [7, 11) is 5.42. The number of amides is 2. The van der Waals surface area contributed by atoms with Crippen LogP contribution in [-0.2, 0) is 4.74 Å². The fourth-order valence-corrected chi connectivity index (χ4v) is 2.58. The van der Waals surface area contributed by atoms with E-state index in [-0.39, 0.29) is 28.5 Å². The van der Waals surface area contributed by atoms with Crippen LogP contribution in [0.15, 0.2) is 30.3 Å². The van der Waals surface area contributed by atoms with E-state index in [2.05, 4.69) is 10.6 Å². The molecule has 8 nitrogen and oxygen atoms in total. The van der Waals surface area contributed by atoms with Crippen molar-refractivity contribution in [2.24, 2.45) is 0 Å². The van der Waals surface area contributed by atoms with Crippen LogP contribution in [0.25, 0.3) is 0 Å². The Morgan fingerprint density at radius 1 is 0.926 bits per heavy atom. The second-order valence-electron chi connectivity index (χ2n) is 5.15. The molecular weight excluding hydrogens is 376 g/mol. The van der Waals surface area contributed by atoms with Gasteiger partial charge in [-0.25, -0.2) is 9.59 Å². The van der Waals surface area contributed by atoms with Crippen molar-refractivity contribution in [3.05, 3.63) is 40.9 Å². The Bertz CT molecular complexity index is 856. The average Bonchev–Trinajstić information content (AvgIpc) is 2.66. The summed E-state index contributed by atoms with van der Waals surface area (Å²) in [5.74, 6) is -0.118. The van der Waals surface area contributed by atoms with Crippen molar-refractivity contribution < 1.29 is 28.5 Å². The number of esters is 1. The van der Waals surface area contributed by atoms with E-state index in [0.717, 1.165) is 0 Å². The fourth-order valence-electron chi connectivity index (χ4n) is 2.39. The first-order chi connectivity index (χ1) is 12.9. The molecule has 0 aromatic heterocycles. The molecule has 0 aliphatic carbocycles. The van der Waals surface area contributed by atoms with E-state index in [1.807, 2.05) is 0 Å². The third-order valence-corrected chi connectivity index (χ3v) is 3.79. The first kappa shape index (κ1) is 20.2. The largest absolute Gasteiger partial charge is 0.493 e. The highest BCUT2D eigenvalue weighted by Gasteiger charge is 2.26. The molecule has 2 rings (SSSR count). The van der Waals surface area contributed by atoms with Crippen LogP contribution >= 0.6 is 11.6 Å². The molecule has 0 heterocycles. The van der Waals surface area contributed by atoms with Crippen LogP contribution in [0.5, 0.6) is 17.2 Å². The molecular formula is C18H19ClN2O6. The summed E-state index contributed by atoms with van der Waals surface area (Å²) >= 11 is 5.91. The number of anilines is 2. The summed E-state index contributed by atoms with van der Waals surface area (Å²) in [5, 5.41) is 5.67. The van der Waals surface area contributed by atoms with Crippen molar-refractivity contribution in [3.8, 4) is 17.2 Å². The van der Waals surface area contributed by atoms with Gasteiger partial charge in [0.25, 0.3) is 0 Å². The minimum absolute atomic E-state index is 0.0354. The minimum Gasteiger partial charge on any atom is -0.493 e. The van der Waals surface area contributed by atoms with Crippen LogP contribution < -0.4 is 24.8 Å². The molecule has 2 amide bonds. The minimum atomic E-state index is -0.688. The Morgan fingerprint density at radius 2 is 1.63 bits per heavy atom. The van der Waals surface area contributed by atoms with Crippen molar-refractivity contribution in [1.82, 2.24) is 0 Å². The molecule has 0 saturated carbocycles. The van der Waals surface area contributed by atoms with Crippen LogP contribution in [0, 0.1) is 0 Å². The van der Waals surface area contributed by atoms with Crippen LogP contribution in [0.3, 0.4) is 0 Å². The number of rotatable bonds is 6. The maximum absolute atomic E-state index is 12.4. The Morgan fingerprint density at radius 3 is 2.19 bits per heavy atom. The van der Waals surface area contributed by atoms with Crippen LogP contribution in [-0.4, -0.2) is 40.4 Å². The molecule has 27 heavy (non-hydrogen) atoms. The zero-order valence-corrected chi connectivity index (χ0v) is 16.0. The molecule has 2 aromatic carbocycles. The maximum Gasteiger partial charge on any atom is 0.340 e. The second kappa shape index (κ2) is 9.00. The van der Waals surface area contributed by atoms with Crippen molar-refractivity contribution in [3.63, 3.8) is 0 Å². The van der Waals surface area contributed by atoms with Crippen LogP contribution in [0.4, 0.5) is 16.2 Å². The number of nitrogens with one attached hydrogen (secondary N) is 2. The van der Waals surface area contributed by atoms with E-state index < -0.39 is 12.0 Å². The fraction of sp³-hybridized carbons (Fsp3) is 0.222. The summed E-state index contributed by atoms with van der Waals surface area (Å²) in [4.78, 5) is 24.6.